The molecule has 0 saturated carbocycles. The van der Waals surface area contributed by atoms with E-state index >= 15 is 0 Å². The summed E-state index contributed by atoms with van der Waals surface area (Å²) in [7, 11) is 0. The molecule has 10 heavy (non-hydrogen) atoms. The molecule has 0 bridgehead atoms. The molecule has 1 rings (SSSR count). The highest BCUT2D eigenvalue weighted by Crippen LogP contribution is 2.83. The van der Waals surface area contributed by atoms with Gasteiger partial charge < -0.3 is 0 Å². The van der Waals surface area contributed by atoms with Crippen molar-refractivity contribution < 1.29 is 0 Å². The van der Waals surface area contributed by atoms with Crippen LogP contribution in [0.3, 0.4) is 0 Å². The predicted molar refractivity (Wildman–Crippen MR) is 62.5 cm³/mol. The maximum absolute atomic E-state index is 2.55. The zero-order valence-corrected chi connectivity index (χ0v) is 11.7. The lowest BCUT2D eigenvalue weighted by molar-refractivity contribution is 2.12. The molecule has 0 aromatic carbocycles. The molecule has 0 amide bonds. The second-order valence-corrected chi connectivity index (χ2v) is 30.1. The van der Waals surface area contributed by atoms with Crippen LogP contribution in [0.4, 0.5) is 0 Å². The molecule has 0 fully saturated rings. The lowest BCUT2D eigenvalue weighted by Gasteiger charge is -1.92. The smallest absolute Gasteiger partial charge is 0.0183 e. The van der Waals surface area contributed by atoms with E-state index in [1.165, 1.54) is 0 Å². The molecule has 0 spiro atoms. The SMILES string of the molecule is Cp1p(C)p(C)p(C)p1C. The average molecular weight is 230 g/mol. The minimum absolute atomic E-state index is 0.521. The molecule has 0 aliphatic carbocycles. The van der Waals surface area contributed by atoms with Gasteiger partial charge in [0.2, 0.25) is 0 Å². The van der Waals surface area contributed by atoms with Gasteiger partial charge in [0.15, 0.2) is 0 Å². The first-order valence-electron chi connectivity index (χ1n) is 3.24. The van der Waals surface area contributed by atoms with E-state index in [9.17, 15) is 0 Å². The summed E-state index contributed by atoms with van der Waals surface area (Å²) in [5.41, 5.74) is 0. The lowest BCUT2D eigenvalue weighted by Crippen LogP contribution is -1.31. The van der Waals surface area contributed by atoms with Gasteiger partial charge in [-0.15, -0.1) is 0 Å². The van der Waals surface area contributed by atoms with Gasteiger partial charge in [-0.3, -0.25) is 0 Å². The van der Waals surface area contributed by atoms with Gasteiger partial charge in [0.05, 0.1) is 0 Å². The number of hydrogen-bond donors (Lipinski definition) is 0. The third-order valence-electron chi connectivity index (χ3n) is 2.09. The van der Waals surface area contributed by atoms with Crippen molar-refractivity contribution in [3.8, 4) is 0 Å². The zero-order chi connectivity index (χ0) is 7.89. The highest BCUT2D eigenvalue weighted by molar-refractivity contribution is 8.72. The Morgan fingerprint density at radius 3 is 0.600 bits per heavy atom. The zero-order valence-electron chi connectivity index (χ0n) is 7.24. The molecular weight excluding hydrogens is 215 g/mol. The Morgan fingerprint density at radius 2 is 0.500 bits per heavy atom. The fourth-order valence-electron chi connectivity index (χ4n) is 0.937. The van der Waals surface area contributed by atoms with Gasteiger partial charge in [-0.2, -0.15) is 0 Å². The Morgan fingerprint density at radius 1 is 0.400 bits per heavy atom. The summed E-state index contributed by atoms with van der Waals surface area (Å²) in [6, 6.07) is 0. The van der Waals surface area contributed by atoms with Gasteiger partial charge >= 0.3 is 0 Å². The van der Waals surface area contributed by atoms with Crippen molar-refractivity contribution in [1.29, 1.82) is 0 Å². The molecule has 1 heterocycles. The Kier molecular flexibility index (Phi) is 3.34. The van der Waals surface area contributed by atoms with Crippen molar-refractivity contribution in [1.82, 2.24) is 0 Å². The van der Waals surface area contributed by atoms with Gasteiger partial charge in [0.1, 0.15) is 0 Å². The van der Waals surface area contributed by atoms with Crippen LogP contribution in [0.25, 0.3) is 0 Å². The van der Waals surface area contributed by atoms with Crippen LogP contribution in [-0.4, -0.2) is 0 Å². The molecular formula is C5H15P5. The molecule has 0 unspecified atom stereocenters. The second-order valence-electron chi connectivity index (χ2n) is 2.45. The van der Waals surface area contributed by atoms with Crippen molar-refractivity contribution in [3.63, 3.8) is 0 Å². The van der Waals surface area contributed by atoms with Gasteiger partial charge in [-0.1, -0.05) is 34.4 Å². The van der Waals surface area contributed by atoms with Crippen LogP contribution in [-0.2, 0) is 33.3 Å². The molecule has 1 aromatic rings. The van der Waals surface area contributed by atoms with E-state index < -0.39 is 0 Å². The molecule has 0 aliphatic heterocycles. The highest BCUT2D eigenvalue weighted by atomic mass is 32.7. The topological polar surface area (TPSA) is 0 Å². The van der Waals surface area contributed by atoms with E-state index in [2.05, 4.69) is 33.3 Å². The molecule has 0 N–H and O–H groups in total. The monoisotopic (exact) mass is 230 g/mol. The second kappa shape index (κ2) is 3.48. The van der Waals surface area contributed by atoms with E-state index in [0.717, 1.165) is 0 Å². The third-order valence-corrected chi connectivity index (χ3v) is 49.3. The summed E-state index contributed by atoms with van der Waals surface area (Å²) in [6.07, 6.45) is 0. The van der Waals surface area contributed by atoms with Crippen molar-refractivity contribution in [2.45, 2.75) is 0 Å². The van der Waals surface area contributed by atoms with E-state index in [-0.39, 0.29) is 0 Å². The summed E-state index contributed by atoms with van der Waals surface area (Å²) in [5, 5.41) is 0. The minimum Gasteiger partial charge on any atom is -0.0799 e. The maximum atomic E-state index is 2.55. The molecule has 60 valence electrons. The lowest BCUT2D eigenvalue weighted by atomic mass is 12.0. The summed E-state index contributed by atoms with van der Waals surface area (Å²) < 4.78 is 0. The van der Waals surface area contributed by atoms with E-state index in [0.29, 0.717) is 34.4 Å². The van der Waals surface area contributed by atoms with E-state index in [4.69, 9.17) is 0 Å². The van der Waals surface area contributed by atoms with Crippen LogP contribution < -0.4 is 0 Å². The fourth-order valence-corrected chi connectivity index (χ4v) is 66.2. The number of hydrogen-bond acceptors (Lipinski definition) is 0. The molecule has 1 aromatic heterocycles. The molecule has 0 radical (unpaired) electrons. The molecule has 5 heteroatoms. The molecule has 0 aliphatic rings. The molecule has 0 saturated heterocycles. The van der Waals surface area contributed by atoms with Crippen LogP contribution in [0.15, 0.2) is 0 Å². The normalized spacial score (nSPS) is 19.5. The van der Waals surface area contributed by atoms with E-state index in [1.807, 2.05) is 0 Å². The first kappa shape index (κ1) is 9.59. The first-order valence-corrected chi connectivity index (χ1v) is 15.7. The van der Waals surface area contributed by atoms with Crippen LogP contribution >= 0.6 is 34.4 Å². The predicted octanol–water partition coefficient (Wildman–Crippen LogP) is 5.43. The van der Waals surface area contributed by atoms with Crippen LogP contribution in [0, 0.1) is 0 Å². The van der Waals surface area contributed by atoms with Gasteiger partial charge in [-0.25, -0.2) is 0 Å². The summed E-state index contributed by atoms with van der Waals surface area (Å²) in [6.45, 7) is 15.4. The quantitative estimate of drug-likeness (QED) is 0.557. The van der Waals surface area contributed by atoms with Crippen molar-refractivity contribution in [2.75, 3.05) is 0 Å². The largest absolute Gasteiger partial charge is 0.0799 e. The third kappa shape index (κ3) is 1.48. The Labute approximate surface area is 68.1 Å². The Hall–Kier alpha value is 1.50. The molecule has 0 atom stereocenters. The van der Waals surface area contributed by atoms with Gasteiger partial charge in [0, 0.05) is 0 Å². The molecule has 0 nitrogen and oxygen atoms in total. The Balaban J connectivity index is 3.44. The average Bonchev–Trinajstić information content (AvgIpc) is 2.07. The summed E-state index contributed by atoms with van der Waals surface area (Å²) >= 11 is 0. The van der Waals surface area contributed by atoms with E-state index in [1.54, 1.807) is 0 Å². The first-order chi connectivity index (χ1) is 4.55. The summed E-state index contributed by atoms with van der Waals surface area (Å²) in [5.74, 6) is 0. The van der Waals surface area contributed by atoms with Gasteiger partial charge in [0.25, 0.3) is 0 Å². The standard InChI is InChI=1S/C5H15P5/c1-6-7(2)9(4)10(5)8(6)3/h1-5H3. The van der Waals surface area contributed by atoms with Crippen LogP contribution in [0.2, 0.25) is 0 Å². The maximum Gasteiger partial charge on any atom is -0.0183 e. The summed E-state index contributed by atoms with van der Waals surface area (Å²) in [4.78, 5) is 0. The minimum atomic E-state index is 0.521. The Bertz CT molecular complexity index is 181. The van der Waals surface area contributed by atoms with Gasteiger partial charge in [-0.05, 0) is 33.3 Å². The van der Waals surface area contributed by atoms with Crippen LogP contribution in [0.5, 0.6) is 0 Å². The van der Waals surface area contributed by atoms with Crippen molar-refractivity contribution in [3.05, 3.63) is 0 Å². The fraction of sp³-hybridized carbons (Fsp3) is 1.00. The van der Waals surface area contributed by atoms with Crippen molar-refractivity contribution in [2.24, 2.45) is 33.3 Å². The highest BCUT2D eigenvalue weighted by Gasteiger charge is 2.04. The van der Waals surface area contributed by atoms with Crippen molar-refractivity contribution >= 4 is 34.4 Å². The number of rotatable bonds is 0. The van der Waals surface area contributed by atoms with Crippen LogP contribution in [0.1, 0.15) is 0 Å².